The minimum absolute atomic E-state index is 1.22. The molecule has 2 rings (SSSR count). The molecule has 0 radical (unpaired) electrons. The van der Waals surface area contributed by atoms with Gasteiger partial charge in [0.15, 0.2) is 0 Å². The second kappa shape index (κ2) is 3.40. The molecule has 0 unspecified atom stereocenters. The average Bonchev–Trinajstić information content (AvgIpc) is 2.58. The monoisotopic (exact) mass is 151 g/mol. The van der Waals surface area contributed by atoms with Gasteiger partial charge in [-0.05, 0) is 51.6 Å². The van der Waals surface area contributed by atoms with E-state index in [4.69, 9.17) is 0 Å². The van der Waals surface area contributed by atoms with Crippen LogP contribution in [0.1, 0.15) is 38.5 Å². The highest BCUT2D eigenvalue weighted by molar-refractivity contribution is 5.18. The predicted octanol–water partition coefficient (Wildman–Crippen LogP) is 2.24. The minimum atomic E-state index is 1.22. The third-order valence-corrected chi connectivity index (χ3v) is 2.91. The van der Waals surface area contributed by atoms with Gasteiger partial charge in [-0.2, -0.15) is 0 Å². The summed E-state index contributed by atoms with van der Waals surface area (Å²) in [5, 5.41) is 3.40. The van der Waals surface area contributed by atoms with E-state index in [9.17, 15) is 0 Å². The lowest BCUT2D eigenvalue weighted by Crippen LogP contribution is -2.23. The molecule has 1 saturated carbocycles. The maximum absolute atomic E-state index is 3.40. The molecular formula is C10H17N. The van der Waals surface area contributed by atoms with Crippen LogP contribution in [0.15, 0.2) is 11.1 Å². The molecule has 0 amide bonds. The highest BCUT2D eigenvalue weighted by Gasteiger charge is 2.13. The Kier molecular flexibility index (Phi) is 2.27. The molecule has 1 saturated heterocycles. The van der Waals surface area contributed by atoms with Crippen molar-refractivity contribution in [1.29, 1.82) is 0 Å². The van der Waals surface area contributed by atoms with Crippen LogP contribution < -0.4 is 5.32 Å². The van der Waals surface area contributed by atoms with E-state index in [0.29, 0.717) is 0 Å². The summed E-state index contributed by atoms with van der Waals surface area (Å²) < 4.78 is 0. The summed E-state index contributed by atoms with van der Waals surface area (Å²) in [6.45, 7) is 2.44. The molecule has 0 aromatic heterocycles. The van der Waals surface area contributed by atoms with Gasteiger partial charge in [0.05, 0.1) is 0 Å². The largest absolute Gasteiger partial charge is 0.316 e. The summed E-state index contributed by atoms with van der Waals surface area (Å²) in [5.74, 6) is 0. The molecule has 0 bridgehead atoms. The summed E-state index contributed by atoms with van der Waals surface area (Å²) in [6, 6.07) is 0. The molecule has 0 aromatic carbocycles. The molecule has 0 aromatic rings. The second-order valence-corrected chi connectivity index (χ2v) is 3.66. The van der Waals surface area contributed by atoms with Gasteiger partial charge in [-0.25, -0.2) is 0 Å². The Labute approximate surface area is 68.9 Å². The molecule has 2 aliphatic rings. The standard InChI is InChI=1S/C10H17N/c1-2-4-9(3-1)10-5-7-11-8-6-10/h11H,1-8H2. The lowest BCUT2D eigenvalue weighted by Gasteiger charge is -2.17. The highest BCUT2D eigenvalue weighted by atomic mass is 14.9. The number of piperidine rings is 1. The van der Waals surface area contributed by atoms with Crippen molar-refractivity contribution in [3.8, 4) is 0 Å². The van der Waals surface area contributed by atoms with Crippen molar-refractivity contribution >= 4 is 0 Å². The van der Waals surface area contributed by atoms with Crippen molar-refractivity contribution < 1.29 is 0 Å². The number of hydrogen-bond acceptors (Lipinski definition) is 1. The summed E-state index contributed by atoms with van der Waals surface area (Å²) in [5.41, 5.74) is 3.60. The summed E-state index contributed by atoms with van der Waals surface area (Å²) in [4.78, 5) is 0. The van der Waals surface area contributed by atoms with Crippen molar-refractivity contribution in [2.75, 3.05) is 13.1 Å². The van der Waals surface area contributed by atoms with Crippen molar-refractivity contribution in [3.05, 3.63) is 11.1 Å². The van der Waals surface area contributed by atoms with Gasteiger partial charge in [0.2, 0.25) is 0 Å². The third-order valence-electron chi connectivity index (χ3n) is 2.91. The Balaban J connectivity index is 2.03. The van der Waals surface area contributed by atoms with E-state index in [-0.39, 0.29) is 0 Å². The Morgan fingerprint density at radius 3 is 1.91 bits per heavy atom. The molecule has 1 aliphatic heterocycles. The first kappa shape index (κ1) is 7.35. The first-order chi connectivity index (χ1) is 5.47. The van der Waals surface area contributed by atoms with E-state index in [1.54, 1.807) is 5.57 Å². The predicted molar refractivity (Wildman–Crippen MR) is 47.6 cm³/mol. The topological polar surface area (TPSA) is 12.0 Å². The normalized spacial score (nSPS) is 26.2. The molecule has 2 fully saturated rings. The molecule has 1 nitrogen and oxygen atoms in total. The smallest absolute Gasteiger partial charge is 0.00114 e. The number of allylic oxidation sites excluding steroid dienone is 1. The summed E-state index contributed by atoms with van der Waals surface area (Å²) in [6.07, 6.45) is 8.38. The average molecular weight is 151 g/mol. The maximum atomic E-state index is 3.40. The van der Waals surface area contributed by atoms with Gasteiger partial charge in [0, 0.05) is 0 Å². The molecule has 1 heterocycles. The second-order valence-electron chi connectivity index (χ2n) is 3.66. The molecule has 11 heavy (non-hydrogen) atoms. The van der Waals surface area contributed by atoms with Gasteiger partial charge in [-0.3, -0.25) is 0 Å². The SMILES string of the molecule is C1CCC(=C2CCNCC2)C1. The maximum Gasteiger partial charge on any atom is -0.00114 e. The van der Waals surface area contributed by atoms with Crippen LogP contribution in [0.3, 0.4) is 0 Å². The number of rotatable bonds is 0. The first-order valence-electron chi connectivity index (χ1n) is 4.87. The van der Waals surface area contributed by atoms with E-state index >= 15 is 0 Å². The zero-order valence-corrected chi connectivity index (χ0v) is 7.16. The van der Waals surface area contributed by atoms with Crippen LogP contribution in [0.5, 0.6) is 0 Å². The molecule has 1 heteroatoms. The fourth-order valence-electron chi connectivity index (χ4n) is 2.24. The zero-order chi connectivity index (χ0) is 7.52. The Morgan fingerprint density at radius 2 is 1.27 bits per heavy atom. The zero-order valence-electron chi connectivity index (χ0n) is 7.16. The molecule has 1 aliphatic carbocycles. The Morgan fingerprint density at radius 1 is 0.727 bits per heavy atom. The third kappa shape index (κ3) is 1.64. The molecule has 0 atom stereocenters. The van der Waals surface area contributed by atoms with Crippen molar-refractivity contribution in [2.24, 2.45) is 0 Å². The van der Waals surface area contributed by atoms with Crippen molar-refractivity contribution in [2.45, 2.75) is 38.5 Å². The minimum Gasteiger partial charge on any atom is -0.316 e. The van der Waals surface area contributed by atoms with E-state index in [0.717, 1.165) is 0 Å². The number of nitrogens with one attached hydrogen (secondary N) is 1. The van der Waals surface area contributed by atoms with Gasteiger partial charge < -0.3 is 5.32 Å². The molecule has 62 valence electrons. The van der Waals surface area contributed by atoms with Crippen LogP contribution >= 0.6 is 0 Å². The first-order valence-corrected chi connectivity index (χ1v) is 4.87. The Hall–Kier alpha value is -0.300. The lowest BCUT2D eigenvalue weighted by atomic mass is 9.98. The van der Waals surface area contributed by atoms with Gasteiger partial charge in [0.1, 0.15) is 0 Å². The van der Waals surface area contributed by atoms with Crippen LogP contribution in [0.4, 0.5) is 0 Å². The van der Waals surface area contributed by atoms with E-state index in [2.05, 4.69) is 5.32 Å². The van der Waals surface area contributed by atoms with Crippen molar-refractivity contribution in [3.63, 3.8) is 0 Å². The van der Waals surface area contributed by atoms with Crippen molar-refractivity contribution in [1.82, 2.24) is 5.32 Å². The summed E-state index contributed by atoms with van der Waals surface area (Å²) >= 11 is 0. The molecular weight excluding hydrogens is 134 g/mol. The fourth-order valence-corrected chi connectivity index (χ4v) is 2.24. The number of hydrogen-bond donors (Lipinski definition) is 1. The van der Waals surface area contributed by atoms with Gasteiger partial charge in [-0.15, -0.1) is 0 Å². The molecule has 0 spiro atoms. The fraction of sp³-hybridized carbons (Fsp3) is 0.800. The lowest BCUT2D eigenvalue weighted by molar-refractivity contribution is 0.601. The molecule has 1 N–H and O–H groups in total. The van der Waals surface area contributed by atoms with Crippen LogP contribution in [-0.4, -0.2) is 13.1 Å². The van der Waals surface area contributed by atoms with Crippen LogP contribution in [0, 0.1) is 0 Å². The van der Waals surface area contributed by atoms with E-state index < -0.39 is 0 Å². The van der Waals surface area contributed by atoms with Gasteiger partial charge in [-0.1, -0.05) is 11.1 Å². The van der Waals surface area contributed by atoms with Crippen LogP contribution in [0.2, 0.25) is 0 Å². The van der Waals surface area contributed by atoms with E-state index in [1.165, 1.54) is 51.6 Å². The quantitative estimate of drug-likeness (QED) is 0.523. The highest BCUT2D eigenvalue weighted by Crippen LogP contribution is 2.30. The van der Waals surface area contributed by atoms with Crippen LogP contribution in [0.25, 0.3) is 0 Å². The van der Waals surface area contributed by atoms with Gasteiger partial charge >= 0.3 is 0 Å². The van der Waals surface area contributed by atoms with Crippen LogP contribution in [-0.2, 0) is 0 Å². The van der Waals surface area contributed by atoms with Gasteiger partial charge in [0.25, 0.3) is 0 Å². The Bertz CT molecular complexity index is 154. The van der Waals surface area contributed by atoms with E-state index in [1.807, 2.05) is 5.57 Å². The summed E-state index contributed by atoms with van der Waals surface area (Å²) in [7, 11) is 0.